The van der Waals surface area contributed by atoms with Crippen molar-refractivity contribution in [3.05, 3.63) is 24.4 Å². The Bertz CT molecular complexity index is 267. The van der Waals surface area contributed by atoms with E-state index in [1.54, 1.807) is 13.8 Å². The van der Waals surface area contributed by atoms with Crippen molar-refractivity contribution in [3.8, 4) is 0 Å². The van der Waals surface area contributed by atoms with Crippen LogP contribution in [0.15, 0.2) is 24.4 Å². The van der Waals surface area contributed by atoms with Crippen LogP contribution in [0.5, 0.6) is 0 Å². The highest BCUT2D eigenvalue weighted by molar-refractivity contribution is 5.78. The Labute approximate surface area is 83.8 Å². The molecule has 0 aromatic rings. The van der Waals surface area contributed by atoms with Crippen LogP contribution in [0.25, 0.3) is 0 Å². The zero-order valence-corrected chi connectivity index (χ0v) is 8.79. The van der Waals surface area contributed by atoms with Crippen molar-refractivity contribution in [2.75, 3.05) is 0 Å². The number of amides is 1. The average molecular weight is 197 g/mol. The second-order valence-electron chi connectivity index (χ2n) is 3.15. The highest BCUT2D eigenvalue weighted by Crippen LogP contribution is 2.06. The van der Waals surface area contributed by atoms with Gasteiger partial charge in [-0.25, -0.2) is 4.79 Å². The molecular formula is C10H15NO3. The Morgan fingerprint density at radius 1 is 1.21 bits per heavy atom. The minimum absolute atomic E-state index is 0.0943. The first-order chi connectivity index (χ1) is 6.34. The van der Waals surface area contributed by atoms with Gasteiger partial charge in [0, 0.05) is 6.92 Å². The summed E-state index contributed by atoms with van der Waals surface area (Å²) in [6.07, 6.45) is 0.0943. The number of hydrogen-bond acceptors (Lipinski definition) is 3. The lowest BCUT2D eigenvalue weighted by Gasteiger charge is -2.18. The van der Waals surface area contributed by atoms with Crippen molar-refractivity contribution in [1.29, 1.82) is 0 Å². The van der Waals surface area contributed by atoms with Crippen LogP contribution in [0, 0.1) is 0 Å². The van der Waals surface area contributed by atoms with Crippen LogP contribution in [0.4, 0.5) is 0 Å². The molecule has 4 heteroatoms. The largest absolute Gasteiger partial charge is 0.337 e. The fourth-order valence-electron chi connectivity index (χ4n) is 0.791. The van der Waals surface area contributed by atoms with Gasteiger partial charge >= 0.3 is 5.97 Å². The normalized spacial score (nSPS) is 9.07. The minimum atomic E-state index is -0.518. The van der Waals surface area contributed by atoms with Crippen molar-refractivity contribution in [2.45, 2.75) is 27.2 Å². The van der Waals surface area contributed by atoms with E-state index in [-0.39, 0.29) is 12.3 Å². The van der Waals surface area contributed by atoms with Gasteiger partial charge in [-0.15, -0.1) is 5.06 Å². The number of carbonyl (C=O) groups excluding carboxylic acids is 2. The molecular weight excluding hydrogens is 182 g/mol. The van der Waals surface area contributed by atoms with Gasteiger partial charge in [0.2, 0.25) is 0 Å². The van der Waals surface area contributed by atoms with E-state index in [9.17, 15) is 9.59 Å². The van der Waals surface area contributed by atoms with Gasteiger partial charge in [-0.3, -0.25) is 4.79 Å². The number of carbonyl (C=O) groups is 2. The third-order valence-corrected chi connectivity index (χ3v) is 1.27. The van der Waals surface area contributed by atoms with E-state index >= 15 is 0 Å². The quantitative estimate of drug-likeness (QED) is 0.512. The molecule has 4 nitrogen and oxygen atoms in total. The van der Waals surface area contributed by atoms with Crippen molar-refractivity contribution in [3.63, 3.8) is 0 Å². The van der Waals surface area contributed by atoms with Gasteiger partial charge in [-0.1, -0.05) is 18.7 Å². The van der Waals surface area contributed by atoms with Crippen molar-refractivity contribution in [1.82, 2.24) is 5.06 Å². The summed E-state index contributed by atoms with van der Waals surface area (Å²) in [6.45, 7) is 11.7. The van der Waals surface area contributed by atoms with E-state index in [2.05, 4.69) is 13.2 Å². The highest BCUT2D eigenvalue weighted by atomic mass is 16.7. The molecule has 0 atom stereocenters. The number of rotatable bonds is 3. The number of nitrogens with zero attached hydrogens (tertiary/aromatic N) is 1. The molecule has 0 N–H and O–H groups in total. The number of hydrogen-bond donors (Lipinski definition) is 0. The topological polar surface area (TPSA) is 46.6 Å². The first-order valence-electron chi connectivity index (χ1n) is 4.16. The molecule has 0 saturated heterocycles. The predicted octanol–water partition coefficient (Wildman–Crippen LogP) is 1.79. The highest BCUT2D eigenvalue weighted by Gasteiger charge is 2.15. The van der Waals surface area contributed by atoms with E-state index in [0.29, 0.717) is 11.3 Å². The lowest BCUT2D eigenvalue weighted by Crippen LogP contribution is -2.29. The summed E-state index contributed by atoms with van der Waals surface area (Å²) in [5.41, 5.74) is 1.05. The Balaban J connectivity index is 4.31. The molecule has 14 heavy (non-hydrogen) atoms. The molecule has 0 fully saturated rings. The standard InChI is InChI=1S/C10H15NO3/c1-7(2)6-10(13)14-11(8(3)4)9(5)12/h1,3,6H2,2,4-5H3. The van der Waals surface area contributed by atoms with Crippen LogP contribution in [0.1, 0.15) is 27.2 Å². The summed E-state index contributed by atoms with van der Waals surface area (Å²) >= 11 is 0. The third kappa shape index (κ3) is 4.45. The SMILES string of the molecule is C=C(C)CC(=O)ON(C(=C)C)C(C)=O. The smallest absolute Gasteiger partial charge is 0.333 e. The molecule has 0 aliphatic heterocycles. The molecule has 0 rings (SSSR count). The zero-order valence-electron chi connectivity index (χ0n) is 8.79. The molecule has 0 unspecified atom stereocenters. The van der Waals surface area contributed by atoms with E-state index in [1.807, 2.05) is 0 Å². The molecule has 1 amide bonds. The summed E-state index contributed by atoms with van der Waals surface area (Å²) in [5, 5.41) is 0.866. The van der Waals surface area contributed by atoms with Crippen LogP contribution < -0.4 is 0 Å². The Morgan fingerprint density at radius 3 is 2.00 bits per heavy atom. The first-order valence-corrected chi connectivity index (χ1v) is 4.16. The fourth-order valence-corrected chi connectivity index (χ4v) is 0.791. The van der Waals surface area contributed by atoms with Gasteiger partial charge in [0.15, 0.2) is 0 Å². The maximum absolute atomic E-state index is 11.2. The summed E-state index contributed by atoms with van der Waals surface area (Å²) in [7, 11) is 0. The average Bonchev–Trinajstić information content (AvgIpc) is 1.97. The Hall–Kier alpha value is -1.58. The van der Waals surface area contributed by atoms with Crippen molar-refractivity contribution < 1.29 is 14.4 Å². The molecule has 0 spiro atoms. The van der Waals surface area contributed by atoms with Crippen LogP contribution in [0.2, 0.25) is 0 Å². The second-order valence-corrected chi connectivity index (χ2v) is 3.15. The summed E-state index contributed by atoms with van der Waals surface area (Å²) in [6, 6.07) is 0. The summed E-state index contributed by atoms with van der Waals surface area (Å²) in [4.78, 5) is 26.9. The van der Waals surface area contributed by atoms with Crippen molar-refractivity contribution in [2.24, 2.45) is 0 Å². The third-order valence-electron chi connectivity index (χ3n) is 1.27. The van der Waals surface area contributed by atoms with Gasteiger partial charge in [-0.05, 0) is 13.8 Å². The molecule has 0 aromatic carbocycles. The maximum Gasteiger partial charge on any atom is 0.337 e. The molecule has 0 heterocycles. The lowest BCUT2D eigenvalue weighted by atomic mass is 10.2. The van der Waals surface area contributed by atoms with Gasteiger partial charge in [0.25, 0.3) is 5.91 Å². The zero-order chi connectivity index (χ0) is 11.3. The van der Waals surface area contributed by atoms with E-state index in [4.69, 9.17) is 4.84 Å². The van der Waals surface area contributed by atoms with Crippen LogP contribution in [0.3, 0.4) is 0 Å². The summed E-state index contributed by atoms with van der Waals surface area (Å²) in [5.74, 6) is -0.900. The van der Waals surface area contributed by atoms with Crippen LogP contribution in [-0.4, -0.2) is 16.9 Å². The molecule has 0 aromatic heterocycles. The van der Waals surface area contributed by atoms with Gasteiger partial charge in [0.05, 0.1) is 12.1 Å². The van der Waals surface area contributed by atoms with E-state index in [1.165, 1.54) is 6.92 Å². The number of allylic oxidation sites excluding steroid dienone is 1. The minimum Gasteiger partial charge on any atom is -0.333 e. The first kappa shape index (κ1) is 12.4. The van der Waals surface area contributed by atoms with Crippen LogP contribution in [-0.2, 0) is 14.4 Å². The van der Waals surface area contributed by atoms with E-state index in [0.717, 1.165) is 5.06 Å². The Kier molecular flexibility index (Phi) is 4.63. The molecule has 0 radical (unpaired) electrons. The van der Waals surface area contributed by atoms with Crippen LogP contribution >= 0.6 is 0 Å². The monoisotopic (exact) mass is 197 g/mol. The fraction of sp³-hybridized carbons (Fsp3) is 0.400. The van der Waals surface area contributed by atoms with Gasteiger partial charge < -0.3 is 4.84 Å². The molecule has 0 aliphatic carbocycles. The molecule has 0 saturated carbocycles. The lowest BCUT2D eigenvalue weighted by molar-refractivity contribution is -0.188. The summed E-state index contributed by atoms with van der Waals surface area (Å²) < 4.78 is 0. The number of hydroxylamine groups is 2. The van der Waals surface area contributed by atoms with Gasteiger partial charge in [0.1, 0.15) is 0 Å². The molecule has 0 bridgehead atoms. The predicted molar refractivity (Wildman–Crippen MR) is 52.9 cm³/mol. The maximum atomic E-state index is 11.2. The molecule has 78 valence electrons. The Morgan fingerprint density at radius 2 is 1.71 bits per heavy atom. The van der Waals surface area contributed by atoms with E-state index < -0.39 is 5.97 Å². The second kappa shape index (κ2) is 5.21. The van der Waals surface area contributed by atoms with Gasteiger partial charge in [-0.2, -0.15) is 0 Å². The molecule has 0 aliphatic rings. The van der Waals surface area contributed by atoms with Crippen molar-refractivity contribution >= 4 is 11.9 Å².